The molecule has 0 spiro atoms. The van der Waals surface area contributed by atoms with E-state index >= 15 is 0 Å². The molecule has 2 aromatic rings. The Hall–Kier alpha value is -2.01. The van der Waals surface area contributed by atoms with Crippen LogP contribution in [0.5, 0.6) is 5.75 Å². The van der Waals surface area contributed by atoms with Crippen molar-refractivity contribution in [2.24, 2.45) is 4.99 Å². The zero-order valence-electron chi connectivity index (χ0n) is 18.9. The molecule has 6 nitrogen and oxygen atoms in total. The van der Waals surface area contributed by atoms with Gasteiger partial charge in [-0.1, -0.05) is 54.0 Å². The smallest absolute Gasteiger partial charge is 0.344 e. The molecule has 0 saturated carbocycles. The Labute approximate surface area is 231 Å². The molecule has 1 aliphatic heterocycles. The van der Waals surface area contributed by atoms with Crippen molar-refractivity contribution in [1.29, 1.82) is 0 Å². The van der Waals surface area contributed by atoms with Crippen molar-refractivity contribution < 1.29 is 24.2 Å². The number of thioether (sulfide) groups is 1. The number of benzene rings is 2. The summed E-state index contributed by atoms with van der Waals surface area (Å²) < 4.78 is 11.8. The molecule has 0 saturated heterocycles. The number of ether oxygens (including phenoxy) is 2. The van der Waals surface area contributed by atoms with Gasteiger partial charge in [0.1, 0.15) is 28.7 Å². The lowest BCUT2D eigenvalue weighted by molar-refractivity contribution is -0.138. The van der Waals surface area contributed by atoms with Crippen LogP contribution in [0.15, 0.2) is 57.6 Å². The number of hydrogen-bond donors (Lipinski definition) is 1. The predicted molar refractivity (Wildman–Crippen MR) is 149 cm³/mol. The van der Waals surface area contributed by atoms with Gasteiger partial charge in [-0.05, 0) is 71.8 Å². The fraction of sp³-hybridized carbons (Fsp3) is 0.240. The molecule has 184 valence electrons. The molecule has 2 aromatic carbocycles. The molecule has 10 heteroatoms. The minimum Gasteiger partial charge on any atom is -0.506 e. The van der Waals surface area contributed by atoms with Crippen molar-refractivity contribution in [1.82, 2.24) is 0 Å². The van der Waals surface area contributed by atoms with Gasteiger partial charge in [0, 0.05) is 22.0 Å². The number of aliphatic imine (C=N–C) groups is 1. The molecule has 0 radical (unpaired) electrons. The first-order valence-corrected chi connectivity index (χ1v) is 13.4. The van der Waals surface area contributed by atoms with Crippen molar-refractivity contribution in [2.45, 2.75) is 33.3 Å². The largest absolute Gasteiger partial charge is 0.506 e. The summed E-state index contributed by atoms with van der Waals surface area (Å²) in [5, 5.41) is 12.0. The van der Waals surface area contributed by atoms with Gasteiger partial charge >= 0.3 is 5.97 Å². The first-order chi connectivity index (χ1) is 16.7. The van der Waals surface area contributed by atoms with E-state index in [-0.39, 0.29) is 41.9 Å². The van der Waals surface area contributed by atoms with Crippen LogP contribution in [0.25, 0.3) is 6.08 Å². The van der Waals surface area contributed by atoms with Gasteiger partial charge in [0.2, 0.25) is 5.91 Å². The van der Waals surface area contributed by atoms with Gasteiger partial charge in [0.25, 0.3) is 0 Å². The van der Waals surface area contributed by atoms with Gasteiger partial charge in [0.05, 0.1) is 15.1 Å². The minimum atomic E-state index is -0.719. The summed E-state index contributed by atoms with van der Waals surface area (Å²) in [6.07, 6.45) is 2.60. The summed E-state index contributed by atoms with van der Waals surface area (Å²) in [4.78, 5) is 28.9. The quantitative estimate of drug-likeness (QED) is 0.238. The number of aliphatic hydroxyl groups is 1. The Bertz CT molecular complexity index is 1240. The van der Waals surface area contributed by atoms with E-state index in [0.717, 1.165) is 26.5 Å². The maximum atomic E-state index is 12.4. The molecule has 1 heterocycles. The van der Waals surface area contributed by atoms with Crippen molar-refractivity contribution in [2.75, 3.05) is 6.61 Å². The summed E-state index contributed by atoms with van der Waals surface area (Å²) in [6, 6.07) is 10.7. The van der Waals surface area contributed by atoms with Crippen LogP contribution in [-0.4, -0.2) is 28.6 Å². The van der Waals surface area contributed by atoms with Crippen molar-refractivity contribution >= 4 is 80.6 Å². The third kappa shape index (κ3) is 7.25. The minimum absolute atomic E-state index is 0.0953. The maximum Gasteiger partial charge on any atom is 0.344 e. The normalized spacial score (nSPS) is 15.7. The standard InChI is InChI=1S/C25H22Cl2INO5S/c1-3-5-21(30)29-24-22(25(32)33-4-2)23(31)20(35-24)11-14-6-9-19(18(28)10-14)34-13-15-7-8-16(26)12-17(15)27/h6-12,31H,3-5,13H2,1-2H3/b20-11-,29-24?. The maximum absolute atomic E-state index is 12.4. The fourth-order valence-electron chi connectivity index (χ4n) is 3.04. The van der Waals surface area contributed by atoms with Crippen LogP contribution in [0.4, 0.5) is 0 Å². The summed E-state index contributed by atoms with van der Waals surface area (Å²) >= 11 is 15.4. The Morgan fingerprint density at radius 3 is 2.60 bits per heavy atom. The van der Waals surface area contributed by atoms with Crippen LogP contribution in [0.3, 0.4) is 0 Å². The molecular weight excluding hydrogens is 624 g/mol. The summed E-state index contributed by atoms with van der Waals surface area (Å²) in [7, 11) is 0. The van der Waals surface area contributed by atoms with Gasteiger partial charge < -0.3 is 14.6 Å². The highest BCUT2D eigenvalue weighted by atomic mass is 127. The van der Waals surface area contributed by atoms with E-state index in [1.807, 2.05) is 31.2 Å². The monoisotopic (exact) mass is 645 g/mol. The Balaban J connectivity index is 1.84. The lowest BCUT2D eigenvalue weighted by atomic mass is 10.1. The van der Waals surface area contributed by atoms with Crippen molar-refractivity contribution in [3.63, 3.8) is 0 Å². The highest BCUT2D eigenvalue weighted by molar-refractivity contribution is 14.1. The van der Waals surface area contributed by atoms with Gasteiger partial charge in [-0.2, -0.15) is 0 Å². The summed E-state index contributed by atoms with van der Waals surface area (Å²) in [5.74, 6) is -0.674. The Kier molecular flexibility index (Phi) is 10.1. The van der Waals surface area contributed by atoms with Crippen LogP contribution < -0.4 is 4.74 Å². The van der Waals surface area contributed by atoms with Crippen LogP contribution in [0.1, 0.15) is 37.8 Å². The average molecular weight is 646 g/mol. The number of aliphatic hydroxyl groups excluding tert-OH is 1. The Morgan fingerprint density at radius 2 is 1.94 bits per heavy atom. The van der Waals surface area contributed by atoms with E-state index in [1.54, 1.807) is 25.1 Å². The second-order valence-electron chi connectivity index (χ2n) is 7.33. The SMILES string of the molecule is CCCC(=O)N=C1S/C(=C\c2ccc(OCc3ccc(Cl)cc3Cl)c(I)c2)C(O)=C1C(=O)OCC. The topological polar surface area (TPSA) is 85.2 Å². The Morgan fingerprint density at radius 1 is 1.17 bits per heavy atom. The third-order valence-electron chi connectivity index (χ3n) is 4.71. The van der Waals surface area contributed by atoms with Gasteiger partial charge in [-0.3, -0.25) is 4.79 Å². The van der Waals surface area contributed by atoms with Crippen molar-refractivity contribution in [3.05, 3.63) is 77.4 Å². The summed E-state index contributed by atoms with van der Waals surface area (Å²) in [6.45, 7) is 3.94. The molecule has 0 aromatic heterocycles. The lowest BCUT2D eigenvalue weighted by Gasteiger charge is -2.10. The van der Waals surface area contributed by atoms with E-state index in [9.17, 15) is 14.7 Å². The molecule has 0 aliphatic carbocycles. The second-order valence-corrected chi connectivity index (χ2v) is 10.4. The number of nitrogens with zero attached hydrogens (tertiary/aromatic N) is 1. The van der Waals surface area contributed by atoms with Crippen LogP contribution in [0, 0.1) is 3.57 Å². The van der Waals surface area contributed by atoms with Crippen LogP contribution in [-0.2, 0) is 20.9 Å². The first kappa shape index (κ1) is 27.6. The highest BCUT2D eigenvalue weighted by Crippen LogP contribution is 2.39. The highest BCUT2D eigenvalue weighted by Gasteiger charge is 2.33. The number of carbonyl (C=O) groups excluding carboxylic acids is 2. The number of hydrogen-bond acceptors (Lipinski definition) is 6. The molecule has 3 rings (SSSR count). The molecule has 35 heavy (non-hydrogen) atoms. The number of carbonyl (C=O) groups is 2. The molecule has 1 aliphatic rings. The van der Waals surface area contributed by atoms with E-state index in [1.165, 1.54) is 0 Å². The van der Waals surface area contributed by atoms with E-state index in [2.05, 4.69) is 27.6 Å². The van der Waals surface area contributed by atoms with Gasteiger partial charge in [-0.15, -0.1) is 0 Å². The number of rotatable bonds is 8. The third-order valence-corrected chi connectivity index (χ3v) is 7.16. The molecule has 0 fully saturated rings. The molecule has 0 bridgehead atoms. The van der Waals surface area contributed by atoms with Gasteiger partial charge in [0.15, 0.2) is 0 Å². The number of halogens is 3. The zero-order valence-corrected chi connectivity index (χ0v) is 23.4. The molecule has 1 N–H and O–H groups in total. The van der Waals surface area contributed by atoms with E-state index in [0.29, 0.717) is 27.1 Å². The summed E-state index contributed by atoms with van der Waals surface area (Å²) in [5.41, 5.74) is 1.48. The molecule has 1 amide bonds. The lowest BCUT2D eigenvalue weighted by Crippen LogP contribution is -2.14. The number of amides is 1. The second kappa shape index (κ2) is 12.8. The van der Waals surface area contributed by atoms with E-state index in [4.69, 9.17) is 32.7 Å². The molecule has 0 unspecified atom stereocenters. The predicted octanol–water partition coefficient (Wildman–Crippen LogP) is 7.37. The van der Waals surface area contributed by atoms with Crippen LogP contribution >= 0.6 is 57.6 Å². The zero-order chi connectivity index (χ0) is 25.5. The van der Waals surface area contributed by atoms with Gasteiger partial charge in [-0.25, -0.2) is 9.79 Å². The first-order valence-electron chi connectivity index (χ1n) is 10.7. The van der Waals surface area contributed by atoms with Crippen molar-refractivity contribution in [3.8, 4) is 5.75 Å². The van der Waals surface area contributed by atoms with E-state index < -0.39 is 5.97 Å². The molecular formula is C25H22Cl2INO5S. The average Bonchev–Trinajstić information content (AvgIpc) is 3.09. The van der Waals surface area contributed by atoms with Crippen LogP contribution in [0.2, 0.25) is 10.0 Å². The number of esters is 1. The molecule has 0 atom stereocenters. The fourth-order valence-corrected chi connectivity index (χ4v) is 5.23.